The molecule has 0 fully saturated rings. The van der Waals surface area contributed by atoms with E-state index in [-0.39, 0.29) is 5.91 Å². The highest BCUT2D eigenvalue weighted by molar-refractivity contribution is 5.95. The Labute approximate surface area is 191 Å². The lowest BCUT2D eigenvalue weighted by molar-refractivity contribution is 0.0953. The molecule has 1 aliphatic rings. The molecule has 3 heterocycles. The van der Waals surface area contributed by atoms with Gasteiger partial charge in [-0.3, -0.25) is 9.78 Å². The molecule has 166 valence electrons. The van der Waals surface area contributed by atoms with E-state index in [2.05, 4.69) is 26.4 Å². The Hall–Kier alpha value is -4.07. The van der Waals surface area contributed by atoms with Gasteiger partial charge in [-0.15, -0.1) is 0 Å². The van der Waals surface area contributed by atoms with Gasteiger partial charge < -0.3 is 10.1 Å². The average molecular weight is 441 g/mol. The molecule has 3 aromatic heterocycles. The summed E-state index contributed by atoms with van der Waals surface area (Å²) in [5.74, 6) is 1.05. The maximum absolute atomic E-state index is 12.7. The zero-order chi connectivity index (χ0) is 22.8. The Balaban J connectivity index is 1.38. The summed E-state index contributed by atoms with van der Waals surface area (Å²) in [6, 6.07) is 11.8. The maximum Gasteiger partial charge on any atom is 0.254 e. The molecule has 1 aromatic carbocycles. The minimum absolute atomic E-state index is 0.178. The maximum atomic E-state index is 12.7. The third kappa shape index (κ3) is 4.07. The van der Waals surface area contributed by atoms with Gasteiger partial charge >= 0.3 is 0 Å². The van der Waals surface area contributed by atoms with E-state index in [4.69, 9.17) is 9.72 Å². The molecule has 33 heavy (non-hydrogen) atoms. The Bertz CT molecular complexity index is 1320. The first-order chi connectivity index (χ1) is 16.1. The molecule has 5 rings (SSSR count). The van der Waals surface area contributed by atoms with E-state index in [1.807, 2.05) is 43.5 Å². The highest BCUT2D eigenvalue weighted by atomic mass is 16.5. The van der Waals surface area contributed by atoms with Gasteiger partial charge in [-0.1, -0.05) is 12.1 Å². The number of carbonyl (C=O) groups is 1. The molecule has 8 nitrogen and oxygen atoms in total. The molecule has 0 unspecified atom stereocenters. The van der Waals surface area contributed by atoms with Crippen LogP contribution in [0.1, 0.15) is 32.9 Å². The number of pyridine rings is 1. The Morgan fingerprint density at radius 2 is 2.00 bits per heavy atom. The Morgan fingerprint density at radius 3 is 2.82 bits per heavy atom. The summed E-state index contributed by atoms with van der Waals surface area (Å²) in [6.07, 6.45) is 7.66. The van der Waals surface area contributed by atoms with Gasteiger partial charge in [-0.05, 0) is 55.2 Å². The number of ether oxygens (including phenoxy) is 1. The van der Waals surface area contributed by atoms with E-state index >= 15 is 0 Å². The van der Waals surface area contributed by atoms with Crippen molar-refractivity contribution in [1.29, 1.82) is 0 Å². The van der Waals surface area contributed by atoms with Crippen LogP contribution in [0.5, 0.6) is 5.75 Å². The summed E-state index contributed by atoms with van der Waals surface area (Å²) in [5, 5.41) is 7.35. The van der Waals surface area contributed by atoms with Crippen LogP contribution in [-0.2, 0) is 19.3 Å². The second kappa shape index (κ2) is 8.82. The number of nitrogens with zero attached hydrogens (tertiary/aromatic N) is 5. The molecule has 0 aliphatic heterocycles. The van der Waals surface area contributed by atoms with Crippen LogP contribution in [-0.4, -0.2) is 44.3 Å². The summed E-state index contributed by atoms with van der Waals surface area (Å²) in [4.78, 5) is 26.4. The van der Waals surface area contributed by atoms with Crippen molar-refractivity contribution in [3.8, 4) is 23.0 Å². The number of carbonyl (C=O) groups excluding carboxylic acids is 1. The normalized spacial score (nSPS) is 12.1. The molecule has 1 amide bonds. The smallest absolute Gasteiger partial charge is 0.254 e. The number of rotatable bonds is 6. The number of methoxy groups -OCH3 is 1. The number of hydrogen-bond acceptors (Lipinski definition) is 6. The number of benzene rings is 1. The molecule has 0 radical (unpaired) electrons. The molecule has 0 spiro atoms. The van der Waals surface area contributed by atoms with Crippen LogP contribution in [0.3, 0.4) is 0 Å². The summed E-state index contributed by atoms with van der Waals surface area (Å²) in [5.41, 5.74) is 6.39. The number of fused-ring (bicyclic) bond motifs is 3. The molecule has 0 bridgehead atoms. The van der Waals surface area contributed by atoms with E-state index in [1.165, 1.54) is 5.56 Å². The zero-order valence-corrected chi connectivity index (χ0v) is 18.6. The third-order valence-electron chi connectivity index (χ3n) is 5.92. The summed E-state index contributed by atoms with van der Waals surface area (Å²) < 4.78 is 7.02. The van der Waals surface area contributed by atoms with E-state index in [9.17, 15) is 4.79 Å². The van der Waals surface area contributed by atoms with E-state index in [0.29, 0.717) is 30.2 Å². The number of hydrogen-bond donors (Lipinski definition) is 1. The lowest BCUT2D eigenvalue weighted by Gasteiger charge is -2.19. The lowest BCUT2D eigenvalue weighted by atomic mass is 9.90. The van der Waals surface area contributed by atoms with Crippen molar-refractivity contribution in [3.63, 3.8) is 0 Å². The van der Waals surface area contributed by atoms with Gasteiger partial charge in [-0.25, -0.2) is 14.6 Å². The lowest BCUT2D eigenvalue weighted by Crippen LogP contribution is -2.26. The van der Waals surface area contributed by atoms with Crippen LogP contribution >= 0.6 is 0 Å². The standard InChI is InChI=1S/C25H24N6O2/c1-16-22(24(32)27-12-10-19-5-3-4-11-26-19)15-29-31(16)25-28-14-18-7-6-17-8-9-20(33-2)13-21(17)23(18)30-25/h3-5,8-9,11,13-15H,6-7,10,12H2,1-2H3,(H,27,32). The van der Waals surface area contributed by atoms with Crippen molar-refractivity contribution in [2.45, 2.75) is 26.2 Å². The minimum Gasteiger partial charge on any atom is -0.497 e. The molecular formula is C25H24N6O2. The van der Waals surface area contributed by atoms with Gasteiger partial charge in [0.05, 0.1) is 30.3 Å². The molecule has 0 atom stereocenters. The van der Waals surface area contributed by atoms with Crippen molar-refractivity contribution in [3.05, 3.63) is 83.1 Å². The average Bonchev–Trinajstić information content (AvgIpc) is 3.25. The molecular weight excluding hydrogens is 416 g/mol. The number of nitrogens with one attached hydrogen (secondary N) is 1. The summed E-state index contributed by atoms with van der Waals surface area (Å²) in [6.45, 7) is 2.34. The van der Waals surface area contributed by atoms with Crippen molar-refractivity contribution in [1.82, 2.24) is 30.0 Å². The van der Waals surface area contributed by atoms with Crippen LogP contribution in [0.4, 0.5) is 0 Å². The van der Waals surface area contributed by atoms with E-state index < -0.39 is 0 Å². The second-order valence-corrected chi connectivity index (χ2v) is 7.95. The van der Waals surface area contributed by atoms with E-state index in [0.717, 1.165) is 41.1 Å². The quantitative estimate of drug-likeness (QED) is 0.495. The van der Waals surface area contributed by atoms with E-state index in [1.54, 1.807) is 24.2 Å². The molecule has 8 heteroatoms. The van der Waals surface area contributed by atoms with Crippen LogP contribution < -0.4 is 10.1 Å². The topological polar surface area (TPSA) is 94.8 Å². The van der Waals surface area contributed by atoms with Gasteiger partial charge in [0.1, 0.15) is 5.75 Å². The highest BCUT2D eigenvalue weighted by Gasteiger charge is 2.22. The van der Waals surface area contributed by atoms with Crippen molar-refractivity contribution >= 4 is 5.91 Å². The van der Waals surface area contributed by atoms with Crippen molar-refractivity contribution in [2.24, 2.45) is 0 Å². The highest BCUT2D eigenvalue weighted by Crippen LogP contribution is 2.34. The fraction of sp³-hybridized carbons (Fsp3) is 0.240. The Kier molecular flexibility index (Phi) is 5.56. The first-order valence-electron chi connectivity index (χ1n) is 10.9. The van der Waals surface area contributed by atoms with Crippen molar-refractivity contribution in [2.75, 3.05) is 13.7 Å². The molecule has 0 saturated heterocycles. The predicted molar refractivity (Wildman–Crippen MR) is 124 cm³/mol. The summed E-state index contributed by atoms with van der Waals surface area (Å²) in [7, 11) is 1.66. The number of aryl methyl sites for hydroxylation is 2. The van der Waals surface area contributed by atoms with Crippen LogP contribution in [0, 0.1) is 6.92 Å². The largest absolute Gasteiger partial charge is 0.497 e. The monoisotopic (exact) mass is 440 g/mol. The Morgan fingerprint density at radius 1 is 1.12 bits per heavy atom. The minimum atomic E-state index is -0.178. The first-order valence-corrected chi connectivity index (χ1v) is 10.9. The van der Waals surface area contributed by atoms with Crippen LogP contribution in [0.2, 0.25) is 0 Å². The fourth-order valence-corrected chi connectivity index (χ4v) is 4.09. The van der Waals surface area contributed by atoms with Crippen molar-refractivity contribution < 1.29 is 9.53 Å². The molecule has 0 saturated carbocycles. The number of aromatic nitrogens is 5. The van der Waals surface area contributed by atoms with Crippen LogP contribution in [0.15, 0.2) is 55.0 Å². The molecule has 4 aromatic rings. The van der Waals surface area contributed by atoms with Gasteiger partial charge in [0.2, 0.25) is 0 Å². The molecule has 1 aliphatic carbocycles. The fourth-order valence-electron chi connectivity index (χ4n) is 4.09. The SMILES string of the molecule is COc1ccc2c(c1)-c1nc(-n3ncc(C(=O)NCCc4ccccn4)c3C)ncc1CC2. The van der Waals surface area contributed by atoms with Crippen LogP contribution in [0.25, 0.3) is 17.2 Å². The predicted octanol–water partition coefficient (Wildman–Crippen LogP) is 3.11. The van der Waals surface area contributed by atoms with Gasteiger partial charge in [-0.2, -0.15) is 5.10 Å². The van der Waals surface area contributed by atoms with Gasteiger partial charge in [0, 0.05) is 36.6 Å². The second-order valence-electron chi connectivity index (χ2n) is 7.95. The van der Waals surface area contributed by atoms with Gasteiger partial charge in [0.25, 0.3) is 11.9 Å². The van der Waals surface area contributed by atoms with Gasteiger partial charge in [0.15, 0.2) is 0 Å². The first kappa shape index (κ1) is 20.8. The summed E-state index contributed by atoms with van der Waals surface area (Å²) >= 11 is 0. The third-order valence-corrected chi connectivity index (χ3v) is 5.92. The molecule has 1 N–H and O–H groups in total. The number of amides is 1. The zero-order valence-electron chi connectivity index (χ0n) is 18.6.